The molecule has 1 aromatic carbocycles. The highest BCUT2D eigenvalue weighted by Gasteiger charge is 2.16. The number of benzene rings is 1. The molecule has 0 saturated heterocycles. The van der Waals surface area contributed by atoms with E-state index in [4.69, 9.17) is 0 Å². The van der Waals surface area contributed by atoms with Gasteiger partial charge in [-0.15, -0.1) is 6.58 Å². The molecule has 1 rings (SSSR count). The van der Waals surface area contributed by atoms with Gasteiger partial charge in [0.05, 0.1) is 11.3 Å². The normalized spacial score (nSPS) is 10.1. The second-order valence-electron chi connectivity index (χ2n) is 3.92. The molecule has 0 spiro atoms. The van der Waals surface area contributed by atoms with Gasteiger partial charge in [-0.05, 0) is 25.5 Å². The van der Waals surface area contributed by atoms with Gasteiger partial charge in [0.1, 0.15) is 5.82 Å². The van der Waals surface area contributed by atoms with Gasteiger partial charge in [0.25, 0.3) is 0 Å². The monoisotopic (exact) mass is 235 g/mol. The maximum Gasteiger partial charge on any atom is 0.164 e. The third kappa shape index (κ3) is 3.16. The van der Waals surface area contributed by atoms with Crippen molar-refractivity contribution in [2.24, 2.45) is 0 Å². The van der Waals surface area contributed by atoms with E-state index in [-0.39, 0.29) is 11.3 Å². The number of nitrogens with zero attached hydrogens (tertiary/aromatic N) is 1. The summed E-state index contributed by atoms with van der Waals surface area (Å²) in [5, 5.41) is 0. The Balaban J connectivity index is 3.21. The first-order chi connectivity index (χ1) is 8.11. The lowest BCUT2D eigenvalue weighted by Gasteiger charge is -2.24. The highest BCUT2D eigenvalue weighted by Crippen LogP contribution is 2.24. The second kappa shape index (κ2) is 6.18. The zero-order chi connectivity index (χ0) is 12.8. The van der Waals surface area contributed by atoms with E-state index in [0.29, 0.717) is 12.2 Å². The van der Waals surface area contributed by atoms with Crippen molar-refractivity contribution in [2.45, 2.75) is 20.3 Å². The SMILES string of the molecule is C=CCN(CCC)c1cccc(F)c1C(C)=O. The molecule has 0 N–H and O–H groups in total. The minimum atomic E-state index is -0.458. The Bertz CT molecular complexity index is 415. The maximum atomic E-state index is 13.7. The quantitative estimate of drug-likeness (QED) is 0.556. The molecule has 1 aromatic rings. The van der Waals surface area contributed by atoms with Gasteiger partial charge in [-0.3, -0.25) is 4.79 Å². The molecule has 0 radical (unpaired) electrons. The van der Waals surface area contributed by atoms with Crippen LogP contribution >= 0.6 is 0 Å². The first kappa shape index (κ1) is 13.4. The summed E-state index contributed by atoms with van der Waals surface area (Å²) in [6, 6.07) is 4.72. The van der Waals surface area contributed by atoms with Crippen LogP contribution in [-0.4, -0.2) is 18.9 Å². The summed E-state index contributed by atoms with van der Waals surface area (Å²) in [6.45, 7) is 8.50. The fraction of sp³-hybridized carbons (Fsp3) is 0.357. The van der Waals surface area contributed by atoms with Gasteiger partial charge in [0.2, 0.25) is 0 Å². The number of rotatable bonds is 6. The fourth-order valence-corrected chi connectivity index (χ4v) is 1.86. The lowest BCUT2D eigenvalue weighted by Crippen LogP contribution is -2.26. The van der Waals surface area contributed by atoms with Crippen molar-refractivity contribution >= 4 is 11.5 Å². The van der Waals surface area contributed by atoms with Crippen LogP contribution in [0.1, 0.15) is 30.6 Å². The zero-order valence-corrected chi connectivity index (χ0v) is 10.4. The fourth-order valence-electron chi connectivity index (χ4n) is 1.86. The van der Waals surface area contributed by atoms with Crippen molar-refractivity contribution in [1.29, 1.82) is 0 Å². The molecule has 0 aromatic heterocycles. The van der Waals surface area contributed by atoms with Gasteiger partial charge in [0, 0.05) is 13.1 Å². The standard InChI is InChI=1S/C14H18FNO/c1-4-9-16(10-5-2)13-8-6-7-12(15)14(13)11(3)17/h4,6-8H,1,5,9-10H2,2-3H3. The number of hydrogen-bond donors (Lipinski definition) is 0. The third-order valence-corrected chi connectivity index (χ3v) is 2.53. The molecule has 2 nitrogen and oxygen atoms in total. The minimum Gasteiger partial charge on any atom is -0.367 e. The van der Waals surface area contributed by atoms with Crippen molar-refractivity contribution in [3.05, 3.63) is 42.2 Å². The zero-order valence-electron chi connectivity index (χ0n) is 10.4. The van der Waals surface area contributed by atoms with E-state index in [9.17, 15) is 9.18 Å². The Kier molecular flexibility index (Phi) is 4.88. The van der Waals surface area contributed by atoms with Crippen LogP contribution in [0.15, 0.2) is 30.9 Å². The van der Waals surface area contributed by atoms with E-state index < -0.39 is 5.82 Å². The molecule has 0 bridgehead atoms. The van der Waals surface area contributed by atoms with Crippen molar-refractivity contribution in [1.82, 2.24) is 0 Å². The Labute approximate surface area is 102 Å². The Hall–Kier alpha value is -1.64. The number of hydrogen-bond acceptors (Lipinski definition) is 2. The van der Waals surface area contributed by atoms with E-state index in [2.05, 4.69) is 6.58 Å². The van der Waals surface area contributed by atoms with Crippen LogP contribution in [0.4, 0.5) is 10.1 Å². The van der Waals surface area contributed by atoms with Crippen LogP contribution < -0.4 is 4.90 Å². The van der Waals surface area contributed by atoms with Crippen molar-refractivity contribution in [2.75, 3.05) is 18.0 Å². The van der Waals surface area contributed by atoms with Crippen molar-refractivity contribution < 1.29 is 9.18 Å². The number of carbonyl (C=O) groups excluding carboxylic acids is 1. The largest absolute Gasteiger partial charge is 0.367 e. The molecule has 0 aliphatic rings. The summed E-state index contributed by atoms with van der Waals surface area (Å²) >= 11 is 0. The van der Waals surface area contributed by atoms with Gasteiger partial charge in [-0.1, -0.05) is 19.1 Å². The Morgan fingerprint density at radius 2 is 2.24 bits per heavy atom. The topological polar surface area (TPSA) is 20.3 Å². The Morgan fingerprint density at radius 1 is 1.53 bits per heavy atom. The van der Waals surface area contributed by atoms with Gasteiger partial charge in [0.15, 0.2) is 5.78 Å². The first-order valence-electron chi connectivity index (χ1n) is 5.77. The molecule has 0 atom stereocenters. The van der Waals surface area contributed by atoms with Gasteiger partial charge in [-0.25, -0.2) is 4.39 Å². The molecular weight excluding hydrogens is 217 g/mol. The van der Waals surface area contributed by atoms with Crippen LogP contribution in [0.5, 0.6) is 0 Å². The van der Waals surface area contributed by atoms with Crippen LogP contribution in [0.25, 0.3) is 0 Å². The predicted octanol–water partition coefficient (Wildman–Crippen LogP) is 3.43. The van der Waals surface area contributed by atoms with E-state index in [1.54, 1.807) is 18.2 Å². The molecule has 0 fully saturated rings. The van der Waals surface area contributed by atoms with Crippen LogP contribution in [-0.2, 0) is 0 Å². The summed E-state index contributed by atoms with van der Waals surface area (Å²) in [5.41, 5.74) is 0.821. The third-order valence-electron chi connectivity index (χ3n) is 2.53. The molecule has 0 aliphatic heterocycles. The first-order valence-corrected chi connectivity index (χ1v) is 5.77. The summed E-state index contributed by atoms with van der Waals surface area (Å²) in [7, 11) is 0. The van der Waals surface area contributed by atoms with Crippen molar-refractivity contribution in [3.63, 3.8) is 0 Å². The molecular formula is C14H18FNO. The number of Topliss-reactive ketones (excluding diaryl/α,β-unsaturated/α-hetero) is 1. The predicted molar refractivity (Wildman–Crippen MR) is 69.1 cm³/mol. The van der Waals surface area contributed by atoms with Crippen LogP contribution in [0.3, 0.4) is 0 Å². The molecule has 0 heterocycles. The summed E-state index contributed by atoms with van der Waals surface area (Å²) in [6.07, 6.45) is 2.69. The lowest BCUT2D eigenvalue weighted by atomic mass is 10.1. The number of anilines is 1. The van der Waals surface area contributed by atoms with E-state index in [1.807, 2.05) is 11.8 Å². The minimum absolute atomic E-state index is 0.169. The average molecular weight is 235 g/mol. The van der Waals surface area contributed by atoms with E-state index in [0.717, 1.165) is 13.0 Å². The summed E-state index contributed by atoms with van der Waals surface area (Å²) in [5.74, 6) is -0.705. The molecule has 0 aliphatic carbocycles. The molecule has 92 valence electrons. The van der Waals surface area contributed by atoms with E-state index >= 15 is 0 Å². The van der Waals surface area contributed by atoms with Gasteiger partial charge >= 0.3 is 0 Å². The second-order valence-corrected chi connectivity index (χ2v) is 3.92. The number of ketones is 1. The summed E-state index contributed by atoms with van der Waals surface area (Å²) in [4.78, 5) is 13.5. The van der Waals surface area contributed by atoms with Gasteiger partial charge < -0.3 is 4.90 Å². The highest BCUT2D eigenvalue weighted by atomic mass is 19.1. The summed E-state index contributed by atoms with van der Waals surface area (Å²) < 4.78 is 13.7. The highest BCUT2D eigenvalue weighted by molar-refractivity contribution is 6.00. The average Bonchev–Trinajstić information content (AvgIpc) is 2.28. The van der Waals surface area contributed by atoms with E-state index in [1.165, 1.54) is 13.0 Å². The van der Waals surface area contributed by atoms with Crippen LogP contribution in [0.2, 0.25) is 0 Å². The molecule has 17 heavy (non-hydrogen) atoms. The molecule has 0 saturated carbocycles. The van der Waals surface area contributed by atoms with Crippen molar-refractivity contribution in [3.8, 4) is 0 Å². The molecule has 3 heteroatoms. The maximum absolute atomic E-state index is 13.7. The smallest absolute Gasteiger partial charge is 0.164 e. The molecule has 0 unspecified atom stereocenters. The lowest BCUT2D eigenvalue weighted by molar-refractivity contribution is 0.101. The van der Waals surface area contributed by atoms with Crippen LogP contribution in [0, 0.1) is 5.82 Å². The number of carbonyl (C=O) groups is 1. The van der Waals surface area contributed by atoms with Gasteiger partial charge in [-0.2, -0.15) is 0 Å². The molecule has 0 amide bonds. The Morgan fingerprint density at radius 3 is 2.76 bits per heavy atom. The number of halogens is 1.